The minimum atomic E-state index is 0.00616. The fraction of sp³-hybridized carbons (Fsp3) is 0.381. The first-order valence-corrected chi connectivity index (χ1v) is 10.0. The molecule has 1 amide bonds. The Morgan fingerprint density at radius 2 is 2.19 bits per heavy atom. The molecule has 2 saturated heterocycles. The molecule has 1 aromatic heterocycles. The molecule has 0 aliphatic carbocycles. The number of carbonyl (C=O) groups is 1. The Hall–Kier alpha value is -2.36. The summed E-state index contributed by atoms with van der Waals surface area (Å²) in [5.74, 6) is 0.962. The summed E-state index contributed by atoms with van der Waals surface area (Å²) in [6.45, 7) is 4.01. The van der Waals surface area contributed by atoms with E-state index in [4.69, 9.17) is 10.00 Å². The van der Waals surface area contributed by atoms with Gasteiger partial charge in [0.15, 0.2) is 0 Å². The highest BCUT2D eigenvalue weighted by Crippen LogP contribution is 2.46. The molecule has 1 aromatic carbocycles. The minimum absolute atomic E-state index is 0.00616. The Bertz CT molecular complexity index is 902. The van der Waals surface area contributed by atoms with Crippen molar-refractivity contribution >= 4 is 17.7 Å². The van der Waals surface area contributed by atoms with E-state index in [1.807, 2.05) is 41.8 Å². The zero-order valence-corrected chi connectivity index (χ0v) is 16.0. The predicted molar refractivity (Wildman–Crippen MR) is 104 cm³/mol. The van der Waals surface area contributed by atoms with Crippen LogP contribution in [0.1, 0.15) is 33.7 Å². The van der Waals surface area contributed by atoms with Gasteiger partial charge in [-0.05, 0) is 43.7 Å². The molecule has 138 valence electrons. The molecule has 2 aliphatic heterocycles. The molecule has 6 heteroatoms. The third-order valence-corrected chi connectivity index (χ3v) is 6.65. The Morgan fingerprint density at radius 1 is 1.37 bits per heavy atom. The van der Waals surface area contributed by atoms with Crippen LogP contribution in [0.25, 0.3) is 0 Å². The first-order chi connectivity index (χ1) is 13.1. The molecule has 1 spiro atoms. The number of likely N-dealkylation sites (tertiary alicyclic amines) is 1. The number of ether oxygens (including phenoxy) is 1. The van der Waals surface area contributed by atoms with E-state index in [9.17, 15) is 4.79 Å². The molecule has 2 fully saturated rings. The average Bonchev–Trinajstić information content (AvgIpc) is 3.09. The number of hydrogen-bond acceptors (Lipinski definition) is 5. The number of thioether (sulfide) groups is 1. The molecule has 0 radical (unpaired) electrons. The summed E-state index contributed by atoms with van der Waals surface area (Å²) < 4.78 is 6.18. The molecule has 2 aromatic rings. The molecular weight excluding hydrogens is 358 g/mol. The van der Waals surface area contributed by atoms with Crippen LogP contribution >= 0.6 is 11.8 Å². The molecular formula is C21H21N3O2S. The van der Waals surface area contributed by atoms with E-state index < -0.39 is 0 Å². The number of nitrogens with zero attached hydrogens (tertiary/aromatic N) is 3. The fourth-order valence-corrected chi connectivity index (χ4v) is 5.26. The van der Waals surface area contributed by atoms with Crippen LogP contribution in [0.15, 0.2) is 42.5 Å². The van der Waals surface area contributed by atoms with Gasteiger partial charge in [0.05, 0.1) is 34.8 Å². The van der Waals surface area contributed by atoms with E-state index in [1.165, 1.54) is 0 Å². The molecule has 5 nitrogen and oxygen atoms in total. The van der Waals surface area contributed by atoms with Gasteiger partial charge in [-0.1, -0.05) is 12.1 Å². The van der Waals surface area contributed by atoms with E-state index in [2.05, 4.69) is 11.1 Å². The van der Waals surface area contributed by atoms with Crippen molar-refractivity contribution in [2.24, 2.45) is 0 Å². The van der Waals surface area contributed by atoms with E-state index >= 15 is 0 Å². The monoisotopic (exact) mass is 379 g/mol. The molecule has 4 rings (SSSR count). The normalized spacial score (nSPS) is 20.3. The molecule has 0 saturated carbocycles. The standard InChI is InChI=1S/C21H21N3O2S/c1-15-4-2-7-18(23-15)11-26-19-9-21(27-12-19)13-24(14-21)20(25)17-6-3-5-16(8-17)10-22/h2-8,19H,9,11-14H2,1H3/t19-/m1/s1. The highest BCUT2D eigenvalue weighted by molar-refractivity contribution is 8.01. The first kappa shape index (κ1) is 18.0. The SMILES string of the molecule is Cc1cccc(CO[C@H]2CSC3(C2)CN(C(=O)c2cccc(C#N)c2)C3)n1. The maximum Gasteiger partial charge on any atom is 0.253 e. The van der Waals surface area contributed by atoms with Crippen molar-refractivity contribution in [2.45, 2.75) is 30.8 Å². The third-order valence-electron chi connectivity index (χ3n) is 5.07. The lowest BCUT2D eigenvalue weighted by Gasteiger charge is -2.47. The van der Waals surface area contributed by atoms with Gasteiger partial charge in [0, 0.05) is 30.1 Å². The third kappa shape index (κ3) is 3.85. The van der Waals surface area contributed by atoms with Crippen LogP contribution in [0, 0.1) is 18.3 Å². The summed E-state index contributed by atoms with van der Waals surface area (Å²) in [6.07, 6.45) is 1.17. The quantitative estimate of drug-likeness (QED) is 0.816. The number of benzene rings is 1. The lowest BCUT2D eigenvalue weighted by atomic mass is 9.92. The molecule has 0 N–H and O–H groups in total. The van der Waals surface area contributed by atoms with Crippen molar-refractivity contribution in [1.82, 2.24) is 9.88 Å². The molecule has 3 heterocycles. The van der Waals surface area contributed by atoms with Gasteiger partial charge in [-0.15, -0.1) is 11.8 Å². The van der Waals surface area contributed by atoms with Gasteiger partial charge in [-0.25, -0.2) is 0 Å². The van der Waals surface area contributed by atoms with Crippen LogP contribution in [0.3, 0.4) is 0 Å². The maximum absolute atomic E-state index is 12.6. The lowest BCUT2D eigenvalue weighted by Crippen LogP contribution is -2.60. The highest BCUT2D eigenvalue weighted by atomic mass is 32.2. The van der Waals surface area contributed by atoms with E-state index in [-0.39, 0.29) is 16.8 Å². The Balaban J connectivity index is 1.30. The lowest BCUT2D eigenvalue weighted by molar-refractivity contribution is 0.0245. The van der Waals surface area contributed by atoms with Crippen molar-refractivity contribution < 1.29 is 9.53 Å². The number of pyridine rings is 1. The first-order valence-electron chi connectivity index (χ1n) is 9.04. The van der Waals surface area contributed by atoms with Crippen molar-refractivity contribution in [2.75, 3.05) is 18.8 Å². The summed E-state index contributed by atoms with van der Waals surface area (Å²) in [5.41, 5.74) is 3.07. The number of aryl methyl sites for hydroxylation is 1. The largest absolute Gasteiger partial charge is 0.371 e. The van der Waals surface area contributed by atoms with Crippen LogP contribution in [0.2, 0.25) is 0 Å². The van der Waals surface area contributed by atoms with Crippen molar-refractivity contribution in [1.29, 1.82) is 5.26 Å². The van der Waals surface area contributed by atoms with Crippen molar-refractivity contribution in [3.8, 4) is 6.07 Å². The number of hydrogen-bond donors (Lipinski definition) is 0. The summed E-state index contributed by atoms with van der Waals surface area (Å²) in [5, 5.41) is 9.00. The number of carbonyl (C=O) groups excluding carboxylic acids is 1. The molecule has 0 bridgehead atoms. The number of amides is 1. The molecule has 0 unspecified atom stereocenters. The summed E-state index contributed by atoms with van der Waals surface area (Å²) in [7, 11) is 0. The minimum Gasteiger partial charge on any atom is -0.371 e. The van der Waals surface area contributed by atoms with Gasteiger partial charge in [0.25, 0.3) is 5.91 Å². The maximum atomic E-state index is 12.6. The Morgan fingerprint density at radius 3 is 2.96 bits per heavy atom. The summed E-state index contributed by atoms with van der Waals surface area (Å²) in [6, 6.07) is 15.0. The second kappa shape index (κ2) is 7.34. The van der Waals surface area contributed by atoms with Gasteiger partial charge >= 0.3 is 0 Å². The number of nitriles is 1. The van der Waals surface area contributed by atoms with Crippen molar-refractivity contribution in [3.05, 3.63) is 65.0 Å². The van der Waals surface area contributed by atoms with Gasteiger partial charge in [-0.3, -0.25) is 9.78 Å². The van der Waals surface area contributed by atoms with Crippen LogP contribution in [0.4, 0.5) is 0 Å². The van der Waals surface area contributed by atoms with Crippen LogP contribution in [-0.2, 0) is 11.3 Å². The van der Waals surface area contributed by atoms with Crippen LogP contribution in [0.5, 0.6) is 0 Å². The van der Waals surface area contributed by atoms with Gasteiger partial charge < -0.3 is 9.64 Å². The van der Waals surface area contributed by atoms with Gasteiger partial charge in [-0.2, -0.15) is 5.26 Å². The fourth-order valence-electron chi connectivity index (χ4n) is 3.71. The van der Waals surface area contributed by atoms with Crippen LogP contribution in [-0.4, -0.2) is 45.5 Å². The topological polar surface area (TPSA) is 66.2 Å². The van der Waals surface area contributed by atoms with Crippen LogP contribution < -0.4 is 0 Å². The highest BCUT2D eigenvalue weighted by Gasteiger charge is 2.51. The van der Waals surface area contributed by atoms with Gasteiger partial charge in [0.1, 0.15) is 0 Å². The molecule has 1 atom stereocenters. The summed E-state index contributed by atoms with van der Waals surface area (Å²) in [4.78, 5) is 19.0. The van der Waals surface area contributed by atoms with Gasteiger partial charge in [0.2, 0.25) is 0 Å². The second-order valence-corrected chi connectivity index (χ2v) is 8.74. The number of aromatic nitrogens is 1. The van der Waals surface area contributed by atoms with E-state index in [1.54, 1.807) is 24.3 Å². The Kier molecular flexibility index (Phi) is 4.90. The van der Waals surface area contributed by atoms with E-state index in [0.717, 1.165) is 36.7 Å². The summed E-state index contributed by atoms with van der Waals surface area (Å²) >= 11 is 1.91. The van der Waals surface area contributed by atoms with Crippen molar-refractivity contribution in [3.63, 3.8) is 0 Å². The second-order valence-electron chi connectivity index (χ2n) is 7.26. The predicted octanol–water partition coefficient (Wildman–Crippen LogP) is 3.18. The zero-order chi connectivity index (χ0) is 18.9. The average molecular weight is 379 g/mol. The zero-order valence-electron chi connectivity index (χ0n) is 15.2. The smallest absolute Gasteiger partial charge is 0.253 e. The Labute approximate surface area is 163 Å². The number of rotatable bonds is 4. The molecule has 27 heavy (non-hydrogen) atoms. The van der Waals surface area contributed by atoms with E-state index in [0.29, 0.717) is 17.7 Å². The molecule has 2 aliphatic rings.